The number of benzene rings is 1. The topological polar surface area (TPSA) is 85.9 Å². The number of rotatable bonds is 7. The van der Waals surface area contributed by atoms with Crippen LogP contribution in [0.15, 0.2) is 18.2 Å². The molecule has 0 bridgehead atoms. The van der Waals surface area contributed by atoms with Crippen molar-refractivity contribution < 1.29 is 23.8 Å². The summed E-state index contributed by atoms with van der Waals surface area (Å²) in [7, 11) is 0. The first kappa shape index (κ1) is 15.1. The molecule has 1 aromatic carbocycles. The number of carbonyl (C=O) groups is 2. The van der Waals surface area contributed by atoms with Gasteiger partial charge in [-0.25, -0.2) is 0 Å². The van der Waals surface area contributed by atoms with Crippen molar-refractivity contribution in [3.8, 4) is 11.5 Å². The molecule has 0 saturated heterocycles. The summed E-state index contributed by atoms with van der Waals surface area (Å²) < 4.78 is 15.2. The highest BCUT2D eigenvalue weighted by atomic mass is 16.7. The highest BCUT2D eigenvalue weighted by molar-refractivity contribution is 5.92. The number of nitrogens with one attached hydrogen (secondary N) is 2. The Morgan fingerprint density at radius 3 is 2.90 bits per heavy atom. The van der Waals surface area contributed by atoms with Crippen molar-refractivity contribution in [1.29, 1.82) is 0 Å². The standard InChI is InChI=1S/C14H18N2O5/c1-2-19-14(18)5-6-15-8-13(17)16-10-3-4-11-12(7-10)21-9-20-11/h3-4,7,15H,2,5-6,8-9H2,1H3,(H,16,17). The highest BCUT2D eigenvalue weighted by Gasteiger charge is 2.14. The minimum Gasteiger partial charge on any atom is -0.466 e. The number of hydrogen-bond acceptors (Lipinski definition) is 6. The van der Waals surface area contributed by atoms with Crippen molar-refractivity contribution in [3.63, 3.8) is 0 Å². The second kappa shape index (κ2) is 7.49. The summed E-state index contributed by atoms with van der Waals surface area (Å²) >= 11 is 0. The zero-order chi connectivity index (χ0) is 15.1. The maximum Gasteiger partial charge on any atom is 0.307 e. The van der Waals surface area contributed by atoms with Crippen LogP contribution in [-0.4, -0.2) is 38.4 Å². The van der Waals surface area contributed by atoms with Crippen molar-refractivity contribution in [2.24, 2.45) is 0 Å². The summed E-state index contributed by atoms with van der Waals surface area (Å²) in [5.74, 6) is 0.808. The molecule has 0 aromatic heterocycles. The maximum absolute atomic E-state index is 11.7. The normalized spacial score (nSPS) is 12.0. The fourth-order valence-electron chi connectivity index (χ4n) is 1.81. The molecule has 7 heteroatoms. The highest BCUT2D eigenvalue weighted by Crippen LogP contribution is 2.34. The molecule has 2 rings (SSSR count). The van der Waals surface area contributed by atoms with Crippen molar-refractivity contribution in [1.82, 2.24) is 5.32 Å². The third kappa shape index (κ3) is 4.64. The van der Waals surface area contributed by atoms with Crippen molar-refractivity contribution >= 4 is 17.6 Å². The van der Waals surface area contributed by atoms with Gasteiger partial charge in [-0.3, -0.25) is 9.59 Å². The number of amides is 1. The fourth-order valence-corrected chi connectivity index (χ4v) is 1.81. The molecule has 0 radical (unpaired) electrons. The molecule has 1 heterocycles. The minimum absolute atomic E-state index is 0.119. The van der Waals surface area contributed by atoms with Gasteiger partial charge in [0, 0.05) is 18.3 Å². The average Bonchev–Trinajstić information content (AvgIpc) is 2.91. The molecule has 1 aliphatic rings. The molecular formula is C14H18N2O5. The molecule has 0 spiro atoms. The zero-order valence-corrected chi connectivity index (χ0v) is 11.8. The molecule has 7 nitrogen and oxygen atoms in total. The van der Waals surface area contributed by atoms with E-state index in [4.69, 9.17) is 14.2 Å². The molecule has 0 atom stereocenters. The molecule has 2 N–H and O–H groups in total. The third-order valence-corrected chi connectivity index (χ3v) is 2.75. The lowest BCUT2D eigenvalue weighted by atomic mass is 10.3. The summed E-state index contributed by atoms with van der Waals surface area (Å²) in [5.41, 5.74) is 0.636. The zero-order valence-electron chi connectivity index (χ0n) is 11.8. The van der Waals surface area contributed by atoms with Gasteiger partial charge in [-0.15, -0.1) is 0 Å². The van der Waals surface area contributed by atoms with Gasteiger partial charge < -0.3 is 24.8 Å². The fraction of sp³-hybridized carbons (Fsp3) is 0.429. The number of anilines is 1. The predicted octanol–water partition coefficient (Wildman–Crippen LogP) is 0.897. The molecule has 1 aliphatic heterocycles. The maximum atomic E-state index is 11.7. The summed E-state index contributed by atoms with van der Waals surface area (Å²) in [6.45, 7) is 2.83. The lowest BCUT2D eigenvalue weighted by Crippen LogP contribution is -2.29. The molecule has 1 aromatic rings. The Labute approximate surface area is 122 Å². The van der Waals surface area contributed by atoms with Gasteiger partial charge in [0.25, 0.3) is 0 Å². The van der Waals surface area contributed by atoms with Crippen LogP contribution in [0.3, 0.4) is 0 Å². The second-order valence-electron chi connectivity index (χ2n) is 4.35. The Kier molecular flexibility index (Phi) is 5.39. The van der Waals surface area contributed by atoms with Gasteiger partial charge in [0.1, 0.15) is 0 Å². The predicted molar refractivity (Wildman–Crippen MR) is 75.3 cm³/mol. The van der Waals surface area contributed by atoms with Crippen molar-refractivity contribution in [2.75, 3.05) is 31.8 Å². The average molecular weight is 294 g/mol. The lowest BCUT2D eigenvalue weighted by Gasteiger charge is -2.07. The van der Waals surface area contributed by atoms with Crippen LogP contribution in [0.1, 0.15) is 13.3 Å². The van der Waals surface area contributed by atoms with Gasteiger partial charge in [0.15, 0.2) is 11.5 Å². The summed E-state index contributed by atoms with van der Waals surface area (Å²) in [5, 5.41) is 5.61. The van der Waals surface area contributed by atoms with E-state index in [1.165, 1.54) is 0 Å². The van der Waals surface area contributed by atoms with Crippen LogP contribution in [0.5, 0.6) is 11.5 Å². The van der Waals surface area contributed by atoms with Crippen molar-refractivity contribution in [3.05, 3.63) is 18.2 Å². The molecule has 1 amide bonds. The number of hydrogen-bond donors (Lipinski definition) is 2. The molecule has 0 aliphatic carbocycles. The van der Waals surface area contributed by atoms with Gasteiger partial charge in [0.2, 0.25) is 12.7 Å². The van der Waals surface area contributed by atoms with E-state index in [1.807, 2.05) is 0 Å². The number of esters is 1. The van der Waals surface area contributed by atoms with Gasteiger partial charge in [-0.05, 0) is 19.1 Å². The number of carbonyl (C=O) groups excluding carboxylic acids is 2. The molecule has 0 saturated carbocycles. The van der Waals surface area contributed by atoms with E-state index in [1.54, 1.807) is 25.1 Å². The van der Waals surface area contributed by atoms with E-state index in [0.717, 1.165) is 0 Å². The Morgan fingerprint density at radius 1 is 1.29 bits per heavy atom. The minimum atomic E-state index is -0.277. The number of fused-ring (bicyclic) bond motifs is 1. The van der Waals surface area contributed by atoms with E-state index in [-0.39, 0.29) is 31.6 Å². The smallest absolute Gasteiger partial charge is 0.307 e. The van der Waals surface area contributed by atoms with E-state index in [2.05, 4.69) is 10.6 Å². The van der Waals surface area contributed by atoms with E-state index >= 15 is 0 Å². The van der Waals surface area contributed by atoms with E-state index in [0.29, 0.717) is 30.3 Å². The lowest BCUT2D eigenvalue weighted by molar-refractivity contribution is -0.143. The van der Waals surface area contributed by atoms with Gasteiger partial charge in [-0.2, -0.15) is 0 Å². The summed E-state index contributed by atoms with van der Waals surface area (Å²) in [4.78, 5) is 22.8. The first-order valence-corrected chi connectivity index (χ1v) is 6.75. The van der Waals surface area contributed by atoms with Crippen LogP contribution < -0.4 is 20.1 Å². The van der Waals surface area contributed by atoms with Crippen LogP contribution in [0.2, 0.25) is 0 Å². The van der Waals surface area contributed by atoms with Gasteiger partial charge in [0.05, 0.1) is 19.6 Å². The van der Waals surface area contributed by atoms with Gasteiger partial charge in [-0.1, -0.05) is 0 Å². The molecule has 0 unspecified atom stereocenters. The molecule has 0 fully saturated rings. The Morgan fingerprint density at radius 2 is 2.10 bits per heavy atom. The van der Waals surface area contributed by atoms with Crippen LogP contribution in [-0.2, 0) is 14.3 Å². The summed E-state index contributed by atoms with van der Waals surface area (Å²) in [6, 6.07) is 5.19. The largest absolute Gasteiger partial charge is 0.466 e. The number of ether oxygens (including phenoxy) is 3. The van der Waals surface area contributed by atoms with Crippen LogP contribution in [0.4, 0.5) is 5.69 Å². The monoisotopic (exact) mass is 294 g/mol. The molecule has 114 valence electrons. The van der Waals surface area contributed by atoms with E-state index < -0.39 is 0 Å². The second-order valence-corrected chi connectivity index (χ2v) is 4.35. The molecule has 21 heavy (non-hydrogen) atoms. The van der Waals surface area contributed by atoms with Gasteiger partial charge >= 0.3 is 5.97 Å². The molecular weight excluding hydrogens is 276 g/mol. The Hall–Kier alpha value is -2.28. The Balaban J connectivity index is 1.69. The first-order valence-electron chi connectivity index (χ1n) is 6.75. The van der Waals surface area contributed by atoms with Crippen LogP contribution in [0.25, 0.3) is 0 Å². The SMILES string of the molecule is CCOC(=O)CCNCC(=O)Nc1ccc2c(c1)OCO2. The Bertz CT molecular complexity index is 518. The van der Waals surface area contributed by atoms with Crippen LogP contribution in [0, 0.1) is 0 Å². The van der Waals surface area contributed by atoms with Crippen LogP contribution >= 0.6 is 0 Å². The van der Waals surface area contributed by atoms with E-state index in [9.17, 15) is 9.59 Å². The first-order chi connectivity index (χ1) is 10.2. The van der Waals surface area contributed by atoms with Crippen molar-refractivity contribution in [2.45, 2.75) is 13.3 Å². The summed E-state index contributed by atoms with van der Waals surface area (Å²) in [6.07, 6.45) is 0.241. The third-order valence-electron chi connectivity index (χ3n) is 2.75. The quantitative estimate of drug-likeness (QED) is 0.574.